The van der Waals surface area contributed by atoms with Crippen LogP contribution in [0.2, 0.25) is 0 Å². The second-order valence-electron chi connectivity index (χ2n) is 4.31. The molecule has 2 rings (SSSR count). The molecule has 0 aromatic carbocycles. The van der Waals surface area contributed by atoms with Crippen LogP contribution in [0.1, 0.15) is 31.0 Å². The Hall–Kier alpha value is -0.960. The van der Waals surface area contributed by atoms with E-state index in [2.05, 4.69) is 22.2 Å². The molecule has 1 atom stereocenters. The first kappa shape index (κ1) is 10.6. The number of nitrogens with zero attached hydrogens (tertiary/aromatic N) is 2. The normalized spacial score (nSPS) is 19.9. The molecule has 1 N–H and O–H groups in total. The van der Waals surface area contributed by atoms with Crippen LogP contribution in [0, 0.1) is 5.92 Å². The van der Waals surface area contributed by atoms with Gasteiger partial charge in [-0.15, -0.1) is 0 Å². The highest BCUT2D eigenvalue weighted by Gasteiger charge is 2.18. The second-order valence-corrected chi connectivity index (χ2v) is 4.31. The highest BCUT2D eigenvalue weighted by molar-refractivity contribution is 5.19. The van der Waals surface area contributed by atoms with Gasteiger partial charge >= 0.3 is 0 Å². The lowest BCUT2D eigenvalue weighted by Crippen LogP contribution is -2.28. The van der Waals surface area contributed by atoms with Crippen molar-refractivity contribution in [1.29, 1.82) is 0 Å². The number of hydrogen-bond acceptors (Lipinski definition) is 3. The summed E-state index contributed by atoms with van der Waals surface area (Å²) in [6.07, 6.45) is 8.39. The molecule has 0 spiro atoms. The average molecular weight is 205 g/mol. The van der Waals surface area contributed by atoms with Crippen LogP contribution in [0.4, 0.5) is 0 Å². The maximum absolute atomic E-state index is 4.32. The van der Waals surface area contributed by atoms with Crippen molar-refractivity contribution in [2.24, 2.45) is 5.92 Å². The average Bonchev–Trinajstić information content (AvgIpc) is 2.29. The van der Waals surface area contributed by atoms with Crippen molar-refractivity contribution in [3.8, 4) is 0 Å². The minimum Gasteiger partial charge on any atom is -0.316 e. The molecule has 82 valence electrons. The van der Waals surface area contributed by atoms with Gasteiger partial charge in [-0.3, -0.25) is 0 Å². The zero-order valence-electron chi connectivity index (χ0n) is 9.37. The van der Waals surface area contributed by atoms with Crippen molar-refractivity contribution in [1.82, 2.24) is 15.3 Å². The molecule has 15 heavy (non-hydrogen) atoms. The van der Waals surface area contributed by atoms with Gasteiger partial charge in [-0.05, 0) is 50.3 Å². The van der Waals surface area contributed by atoms with Crippen molar-refractivity contribution >= 4 is 0 Å². The molecule has 1 aromatic rings. The maximum atomic E-state index is 4.32. The van der Waals surface area contributed by atoms with Crippen LogP contribution < -0.4 is 5.32 Å². The van der Waals surface area contributed by atoms with Crippen LogP contribution in [-0.4, -0.2) is 23.1 Å². The zero-order valence-corrected chi connectivity index (χ0v) is 9.37. The van der Waals surface area contributed by atoms with Crippen molar-refractivity contribution in [3.05, 3.63) is 23.8 Å². The molecule has 3 heteroatoms. The second kappa shape index (κ2) is 5.21. The molecule has 0 saturated heterocycles. The Kier molecular flexibility index (Phi) is 3.67. The molecule has 0 bridgehead atoms. The van der Waals surface area contributed by atoms with E-state index in [1.807, 2.05) is 6.20 Å². The number of hydrogen-bond donors (Lipinski definition) is 1. The minimum atomic E-state index is 0.773. The third-order valence-corrected chi connectivity index (χ3v) is 3.04. The largest absolute Gasteiger partial charge is 0.316 e. The van der Waals surface area contributed by atoms with Crippen LogP contribution in [-0.2, 0) is 12.8 Å². The van der Waals surface area contributed by atoms with E-state index in [0.29, 0.717) is 0 Å². The third kappa shape index (κ3) is 2.75. The Morgan fingerprint density at radius 2 is 2.47 bits per heavy atom. The molecule has 0 saturated carbocycles. The number of aryl methyl sites for hydroxylation is 1. The van der Waals surface area contributed by atoms with E-state index in [4.69, 9.17) is 0 Å². The molecular formula is C12H19N3. The predicted molar refractivity (Wildman–Crippen MR) is 60.7 cm³/mol. The van der Waals surface area contributed by atoms with E-state index in [-0.39, 0.29) is 0 Å². The molecule has 1 unspecified atom stereocenters. The van der Waals surface area contributed by atoms with Crippen molar-refractivity contribution < 1.29 is 0 Å². The van der Waals surface area contributed by atoms with E-state index < -0.39 is 0 Å². The Labute approximate surface area is 91.3 Å². The van der Waals surface area contributed by atoms with E-state index in [9.17, 15) is 0 Å². The van der Waals surface area contributed by atoms with E-state index in [1.165, 1.54) is 24.1 Å². The SMILES string of the molecule is CCCNCC1CCc2ncncc2C1. The van der Waals surface area contributed by atoms with E-state index >= 15 is 0 Å². The van der Waals surface area contributed by atoms with Gasteiger partial charge in [0, 0.05) is 11.9 Å². The van der Waals surface area contributed by atoms with Gasteiger partial charge in [-0.1, -0.05) is 6.92 Å². The lowest BCUT2D eigenvalue weighted by molar-refractivity contribution is 0.420. The van der Waals surface area contributed by atoms with Gasteiger partial charge in [0.2, 0.25) is 0 Å². The van der Waals surface area contributed by atoms with Gasteiger partial charge in [-0.2, -0.15) is 0 Å². The highest BCUT2D eigenvalue weighted by Crippen LogP contribution is 2.22. The fourth-order valence-corrected chi connectivity index (χ4v) is 2.19. The predicted octanol–water partition coefficient (Wildman–Crippen LogP) is 1.58. The van der Waals surface area contributed by atoms with Gasteiger partial charge < -0.3 is 5.32 Å². The fourth-order valence-electron chi connectivity index (χ4n) is 2.19. The summed E-state index contributed by atoms with van der Waals surface area (Å²) in [6, 6.07) is 0. The summed E-state index contributed by atoms with van der Waals surface area (Å²) in [5.74, 6) is 0.773. The molecule has 1 aromatic heterocycles. The Morgan fingerprint density at radius 3 is 3.33 bits per heavy atom. The summed E-state index contributed by atoms with van der Waals surface area (Å²) in [4.78, 5) is 8.42. The third-order valence-electron chi connectivity index (χ3n) is 3.04. The van der Waals surface area contributed by atoms with Gasteiger partial charge in [0.15, 0.2) is 0 Å². The monoisotopic (exact) mass is 205 g/mol. The van der Waals surface area contributed by atoms with Gasteiger partial charge in [0.25, 0.3) is 0 Å². The molecule has 3 nitrogen and oxygen atoms in total. The lowest BCUT2D eigenvalue weighted by Gasteiger charge is -2.23. The Balaban J connectivity index is 1.88. The fraction of sp³-hybridized carbons (Fsp3) is 0.667. The molecule has 1 heterocycles. The summed E-state index contributed by atoms with van der Waals surface area (Å²) >= 11 is 0. The molecular weight excluding hydrogens is 186 g/mol. The standard InChI is InChI=1S/C12H19N3/c1-2-5-13-7-10-3-4-12-11(6-10)8-14-9-15-12/h8-10,13H,2-7H2,1H3. The minimum absolute atomic E-state index is 0.773. The molecule has 1 aliphatic carbocycles. The lowest BCUT2D eigenvalue weighted by atomic mass is 9.87. The Bertz CT molecular complexity index is 311. The molecule has 0 aliphatic heterocycles. The van der Waals surface area contributed by atoms with Crippen LogP contribution >= 0.6 is 0 Å². The van der Waals surface area contributed by atoms with Gasteiger partial charge in [0.05, 0.1) is 0 Å². The first-order valence-corrected chi connectivity index (χ1v) is 5.88. The quantitative estimate of drug-likeness (QED) is 0.758. The van der Waals surface area contributed by atoms with Crippen molar-refractivity contribution in [2.75, 3.05) is 13.1 Å². The first-order chi connectivity index (χ1) is 7.40. The molecule has 1 aliphatic rings. The number of rotatable bonds is 4. The zero-order chi connectivity index (χ0) is 10.5. The summed E-state index contributed by atoms with van der Waals surface area (Å²) in [6.45, 7) is 4.48. The maximum Gasteiger partial charge on any atom is 0.115 e. The number of fused-ring (bicyclic) bond motifs is 1. The summed E-state index contributed by atoms with van der Waals surface area (Å²) in [7, 11) is 0. The van der Waals surface area contributed by atoms with Gasteiger partial charge in [0.1, 0.15) is 6.33 Å². The van der Waals surface area contributed by atoms with Crippen molar-refractivity contribution in [2.45, 2.75) is 32.6 Å². The van der Waals surface area contributed by atoms with E-state index in [1.54, 1.807) is 6.33 Å². The Morgan fingerprint density at radius 1 is 1.53 bits per heavy atom. The van der Waals surface area contributed by atoms with Crippen LogP contribution in [0.5, 0.6) is 0 Å². The van der Waals surface area contributed by atoms with Crippen molar-refractivity contribution in [3.63, 3.8) is 0 Å². The molecule has 0 amide bonds. The van der Waals surface area contributed by atoms with Gasteiger partial charge in [-0.25, -0.2) is 9.97 Å². The molecule has 0 radical (unpaired) electrons. The number of aromatic nitrogens is 2. The number of nitrogens with one attached hydrogen (secondary N) is 1. The smallest absolute Gasteiger partial charge is 0.115 e. The van der Waals surface area contributed by atoms with E-state index in [0.717, 1.165) is 31.8 Å². The van der Waals surface area contributed by atoms with Crippen LogP contribution in [0.15, 0.2) is 12.5 Å². The summed E-state index contributed by atoms with van der Waals surface area (Å²) < 4.78 is 0. The topological polar surface area (TPSA) is 37.8 Å². The summed E-state index contributed by atoms with van der Waals surface area (Å²) in [5, 5.41) is 3.49. The molecule has 0 fully saturated rings. The highest BCUT2D eigenvalue weighted by atomic mass is 14.9. The first-order valence-electron chi connectivity index (χ1n) is 5.88. The van der Waals surface area contributed by atoms with Crippen LogP contribution in [0.25, 0.3) is 0 Å². The summed E-state index contributed by atoms with van der Waals surface area (Å²) in [5.41, 5.74) is 2.61. The van der Waals surface area contributed by atoms with Crippen LogP contribution in [0.3, 0.4) is 0 Å².